The van der Waals surface area contributed by atoms with Crippen molar-refractivity contribution < 1.29 is 15.2 Å². The number of nitro groups is 1. The molecule has 1 heterocycles. The van der Waals surface area contributed by atoms with E-state index in [1.807, 2.05) is 27.7 Å². The number of hydrogen-bond acceptors (Lipinski definition) is 6. The van der Waals surface area contributed by atoms with Crippen molar-refractivity contribution in [3.8, 4) is 0 Å². The molecule has 2 rings (SSSR count). The number of aliphatic hydroxyl groups excluding tert-OH is 1. The average Bonchev–Trinajstić information content (AvgIpc) is 2.43. The summed E-state index contributed by atoms with van der Waals surface area (Å²) in [7, 11) is 0. The van der Waals surface area contributed by atoms with Crippen LogP contribution in [0.3, 0.4) is 0 Å². The highest BCUT2D eigenvalue weighted by Crippen LogP contribution is 2.39. The van der Waals surface area contributed by atoms with Gasteiger partial charge in [0.1, 0.15) is 0 Å². The number of oxime groups is 1. The molecule has 2 atom stereocenters. The number of rotatable bonds is 3. The van der Waals surface area contributed by atoms with Crippen molar-refractivity contribution in [2.24, 2.45) is 11.1 Å². The van der Waals surface area contributed by atoms with Gasteiger partial charge in [-0.15, -0.1) is 0 Å². The first-order valence-corrected chi connectivity index (χ1v) is 7.50. The maximum absolute atomic E-state index is 10.9. The third-order valence-electron chi connectivity index (χ3n) is 4.29. The molecule has 23 heavy (non-hydrogen) atoms. The Morgan fingerprint density at radius 1 is 1.39 bits per heavy atom. The lowest BCUT2D eigenvalue weighted by Crippen LogP contribution is -2.64. The van der Waals surface area contributed by atoms with Gasteiger partial charge < -0.3 is 15.6 Å². The van der Waals surface area contributed by atoms with Gasteiger partial charge in [0.2, 0.25) is 0 Å². The highest BCUT2D eigenvalue weighted by Gasteiger charge is 2.47. The lowest BCUT2D eigenvalue weighted by Gasteiger charge is -2.49. The van der Waals surface area contributed by atoms with Gasteiger partial charge in [0.05, 0.1) is 16.7 Å². The van der Waals surface area contributed by atoms with E-state index in [4.69, 9.17) is 0 Å². The van der Waals surface area contributed by atoms with Crippen LogP contribution >= 0.6 is 0 Å². The molecule has 0 saturated carbocycles. The standard InChI is InChI=1S/C16H23N3O4/c1-15(2)9-12(17-21)13(16(3,4)18-15)14(20)10-6-5-7-11(8-10)19(22)23/h5-8,13-14,18,20-21H,9H2,1-4H3/b17-12+/t13-,14-/m0/s1. The first-order valence-electron chi connectivity index (χ1n) is 7.50. The summed E-state index contributed by atoms with van der Waals surface area (Å²) in [6, 6.07) is 5.92. The van der Waals surface area contributed by atoms with E-state index >= 15 is 0 Å². The number of non-ortho nitro benzene ring substituents is 1. The molecule has 1 aliphatic heterocycles. The van der Waals surface area contributed by atoms with Crippen molar-refractivity contribution in [2.45, 2.75) is 51.3 Å². The Labute approximate surface area is 135 Å². The topological polar surface area (TPSA) is 108 Å². The van der Waals surface area contributed by atoms with Crippen molar-refractivity contribution in [1.29, 1.82) is 0 Å². The summed E-state index contributed by atoms with van der Waals surface area (Å²) >= 11 is 0. The van der Waals surface area contributed by atoms with Crippen molar-refractivity contribution >= 4 is 11.4 Å². The number of piperidine rings is 1. The SMILES string of the molecule is CC1(C)C/C(=N\O)[C@@H]([C@@H](O)c2cccc([N+](=O)[O-])c2)C(C)(C)N1. The van der Waals surface area contributed by atoms with Gasteiger partial charge in [-0.2, -0.15) is 0 Å². The quantitative estimate of drug-likeness (QED) is 0.450. The molecule has 7 nitrogen and oxygen atoms in total. The fourth-order valence-electron chi connectivity index (χ4n) is 3.66. The zero-order valence-corrected chi connectivity index (χ0v) is 13.8. The van der Waals surface area contributed by atoms with Crippen LogP contribution in [0.15, 0.2) is 29.4 Å². The third kappa shape index (κ3) is 3.51. The minimum absolute atomic E-state index is 0.0778. The summed E-state index contributed by atoms with van der Waals surface area (Å²) < 4.78 is 0. The molecule has 0 aromatic heterocycles. The molecular formula is C16H23N3O4. The smallest absolute Gasteiger partial charge is 0.269 e. The van der Waals surface area contributed by atoms with Crippen molar-refractivity contribution in [3.63, 3.8) is 0 Å². The molecule has 0 aliphatic carbocycles. The molecule has 7 heteroatoms. The molecule has 1 aliphatic rings. The zero-order chi connectivity index (χ0) is 17.4. The molecule has 1 fully saturated rings. The summed E-state index contributed by atoms with van der Waals surface area (Å²) in [6.45, 7) is 7.83. The van der Waals surface area contributed by atoms with Crippen molar-refractivity contribution in [3.05, 3.63) is 39.9 Å². The van der Waals surface area contributed by atoms with Crippen LogP contribution < -0.4 is 5.32 Å². The minimum atomic E-state index is -1.01. The second-order valence-corrected chi connectivity index (χ2v) is 7.27. The molecule has 1 saturated heterocycles. The summed E-state index contributed by atoms with van der Waals surface area (Å²) in [5, 5.41) is 38.0. The minimum Gasteiger partial charge on any atom is -0.411 e. The lowest BCUT2D eigenvalue weighted by atomic mass is 9.69. The lowest BCUT2D eigenvalue weighted by molar-refractivity contribution is -0.385. The van der Waals surface area contributed by atoms with Gasteiger partial charge in [-0.3, -0.25) is 10.1 Å². The zero-order valence-electron chi connectivity index (χ0n) is 13.8. The van der Waals surface area contributed by atoms with Gasteiger partial charge in [0.15, 0.2) is 0 Å². The normalized spacial score (nSPS) is 26.0. The number of nitrogens with zero attached hydrogens (tertiary/aromatic N) is 2. The Balaban J connectivity index is 2.42. The summed E-state index contributed by atoms with van der Waals surface area (Å²) in [5.74, 6) is -0.498. The van der Waals surface area contributed by atoms with Crippen LogP contribution in [0.1, 0.15) is 45.8 Å². The number of benzene rings is 1. The Bertz CT molecular complexity index is 640. The number of aliphatic hydroxyl groups is 1. The number of hydrogen-bond donors (Lipinski definition) is 3. The average molecular weight is 321 g/mol. The predicted octanol–water partition coefficient (Wildman–Crippen LogP) is 2.63. The van der Waals surface area contributed by atoms with E-state index in [0.717, 1.165) is 0 Å². The van der Waals surface area contributed by atoms with Crippen LogP contribution in [0.25, 0.3) is 0 Å². The van der Waals surface area contributed by atoms with Crippen LogP contribution in [-0.4, -0.2) is 32.0 Å². The van der Waals surface area contributed by atoms with Gasteiger partial charge >= 0.3 is 0 Å². The summed E-state index contributed by atoms with van der Waals surface area (Å²) in [6.07, 6.45) is -0.539. The second kappa shape index (κ2) is 5.90. The van der Waals surface area contributed by atoms with E-state index in [9.17, 15) is 20.4 Å². The third-order valence-corrected chi connectivity index (χ3v) is 4.29. The maximum Gasteiger partial charge on any atom is 0.269 e. The first kappa shape index (κ1) is 17.4. The van der Waals surface area contributed by atoms with Crippen LogP contribution in [0, 0.1) is 16.0 Å². The molecule has 126 valence electrons. The highest BCUT2D eigenvalue weighted by atomic mass is 16.6. The maximum atomic E-state index is 10.9. The molecular weight excluding hydrogens is 298 g/mol. The van der Waals surface area contributed by atoms with E-state index in [-0.39, 0.29) is 11.2 Å². The fourth-order valence-corrected chi connectivity index (χ4v) is 3.66. The molecule has 0 bridgehead atoms. The monoisotopic (exact) mass is 321 g/mol. The fraction of sp³-hybridized carbons (Fsp3) is 0.562. The first-order chi connectivity index (χ1) is 10.6. The summed E-state index contributed by atoms with van der Waals surface area (Å²) in [5.41, 5.74) is 0.0146. The number of nitro benzene ring substituents is 1. The van der Waals surface area contributed by atoms with E-state index in [0.29, 0.717) is 17.7 Å². The van der Waals surface area contributed by atoms with Crippen LogP contribution in [0.4, 0.5) is 5.69 Å². The second-order valence-electron chi connectivity index (χ2n) is 7.27. The van der Waals surface area contributed by atoms with Gasteiger partial charge in [-0.05, 0) is 33.3 Å². The molecule has 0 radical (unpaired) electrons. The van der Waals surface area contributed by atoms with E-state index < -0.39 is 22.5 Å². The van der Waals surface area contributed by atoms with Crippen molar-refractivity contribution in [2.75, 3.05) is 0 Å². The van der Waals surface area contributed by atoms with Gasteiger partial charge in [-0.25, -0.2) is 0 Å². The molecule has 3 N–H and O–H groups in total. The Morgan fingerprint density at radius 3 is 2.61 bits per heavy atom. The highest BCUT2D eigenvalue weighted by molar-refractivity contribution is 5.90. The largest absolute Gasteiger partial charge is 0.411 e. The Hall–Kier alpha value is -1.99. The summed E-state index contributed by atoms with van der Waals surface area (Å²) in [4.78, 5) is 10.4. The number of nitrogens with one attached hydrogen (secondary N) is 1. The van der Waals surface area contributed by atoms with Gasteiger partial charge in [-0.1, -0.05) is 17.3 Å². The van der Waals surface area contributed by atoms with E-state index in [1.165, 1.54) is 12.1 Å². The Morgan fingerprint density at radius 2 is 2.04 bits per heavy atom. The van der Waals surface area contributed by atoms with Crippen molar-refractivity contribution in [1.82, 2.24) is 5.32 Å². The molecule has 0 spiro atoms. The van der Waals surface area contributed by atoms with Crippen LogP contribution in [0.5, 0.6) is 0 Å². The van der Waals surface area contributed by atoms with E-state index in [2.05, 4.69) is 10.5 Å². The van der Waals surface area contributed by atoms with Crippen LogP contribution in [-0.2, 0) is 0 Å². The molecule has 0 unspecified atom stereocenters. The molecule has 1 aromatic rings. The predicted molar refractivity (Wildman–Crippen MR) is 86.7 cm³/mol. The molecule has 0 amide bonds. The van der Waals surface area contributed by atoms with Gasteiger partial charge in [0, 0.05) is 35.5 Å². The Kier molecular flexibility index (Phi) is 4.45. The van der Waals surface area contributed by atoms with E-state index in [1.54, 1.807) is 12.1 Å². The van der Waals surface area contributed by atoms with Gasteiger partial charge in [0.25, 0.3) is 5.69 Å². The molecule has 1 aromatic carbocycles. The van der Waals surface area contributed by atoms with Crippen LogP contribution in [0.2, 0.25) is 0 Å².